The Labute approximate surface area is 216 Å². The van der Waals surface area contributed by atoms with E-state index in [9.17, 15) is 4.79 Å². The minimum Gasteiger partial charge on any atom is -0.494 e. The number of rotatable bonds is 7. The maximum Gasteiger partial charge on any atom is 0.303 e. The molecule has 0 bridgehead atoms. The SMILES string of the molecule is CCOc1ccc(Cc2cc(C3OC(CI)C(I)C(C)C3OC(C)=O)ccc2Cl)cc1. The van der Waals surface area contributed by atoms with Crippen LogP contribution in [0.3, 0.4) is 0 Å². The molecule has 7 heteroatoms. The van der Waals surface area contributed by atoms with Gasteiger partial charge < -0.3 is 14.2 Å². The fraction of sp³-hybridized carbons (Fsp3) is 0.458. The Morgan fingerprint density at radius 2 is 1.90 bits per heavy atom. The van der Waals surface area contributed by atoms with Gasteiger partial charge >= 0.3 is 5.97 Å². The Balaban J connectivity index is 1.89. The minimum atomic E-state index is -0.335. The number of hydrogen-bond acceptors (Lipinski definition) is 4. The van der Waals surface area contributed by atoms with Crippen LogP contribution in [0.2, 0.25) is 5.02 Å². The molecule has 5 unspecified atom stereocenters. The van der Waals surface area contributed by atoms with Crippen LogP contribution in [-0.4, -0.2) is 33.1 Å². The van der Waals surface area contributed by atoms with Gasteiger partial charge in [-0.25, -0.2) is 0 Å². The molecule has 2 aromatic carbocycles. The van der Waals surface area contributed by atoms with Crippen LogP contribution in [0.4, 0.5) is 0 Å². The predicted molar refractivity (Wildman–Crippen MR) is 141 cm³/mol. The number of benzene rings is 2. The van der Waals surface area contributed by atoms with Crippen molar-refractivity contribution in [1.82, 2.24) is 0 Å². The maximum atomic E-state index is 11.8. The average Bonchev–Trinajstić information content (AvgIpc) is 2.75. The van der Waals surface area contributed by atoms with Crippen molar-refractivity contribution in [1.29, 1.82) is 0 Å². The van der Waals surface area contributed by atoms with Gasteiger partial charge in [0, 0.05) is 26.2 Å². The third-order valence-corrected chi connectivity index (χ3v) is 8.65. The Hall–Kier alpha value is -0.580. The van der Waals surface area contributed by atoms with Gasteiger partial charge in [0.05, 0.1) is 12.7 Å². The summed E-state index contributed by atoms with van der Waals surface area (Å²) in [7, 11) is 0. The fourth-order valence-corrected chi connectivity index (χ4v) is 6.63. The van der Waals surface area contributed by atoms with Gasteiger partial charge in [-0.05, 0) is 48.2 Å². The summed E-state index contributed by atoms with van der Waals surface area (Å²) in [5, 5.41) is 0.711. The maximum absolute atomic E-state index is 11.8. The smallest absolute Gasteiger partial charge is 0.303 e. The second kappa shape index (κ2) is 11.5. The largest absolute Gasteiger partial charge is 0.494 e. The lowest BCUT2D eigenvalue weighted by Crippen LogP contribution is -2.49. The molecule has 2 aromatic rings. The molecular weight excluding hydrogens is 642 g/mol. The van der Waals surface area contributed by atoms with E-state index in [0.717, 1.165) is 26.9 Å². The van der Waals surface area contributed by atoms with Crippen molar-refractivity contribution in [2.75, 3.05) is 11.0 Å². The molecule has 0 N–H and O–H groups in total. The van der Waals surface area contributed by atoms with E-state index in [1.807, 2.05) is 31.2 Å². The monoisotopic (exact) mass is 668 g/mol. The minimum absolute atomic E-state index is 0.0956. The first-order valence-electron chi connectivity index (χ1n) is 10.4. The molecular formula is C24H27ClI2O4. The molecule has 168 valence electrons. The zero-order valence-corrected chi connectivity index (χ0v) is 22.9. The fourth-order valence-electron chi connectivity index (χ4n) is 3.88. The van der Waals surface area contributed by atoms with Gasteiger partial charge in [-0.15, -0.1) is 0 Å². The molecule has 1 fully saturated rings. The third kappa shape index (κ3) is 6.26. The number of hydrogen-bond donors (Lipinski definition) is 0. The Morgan fingerprint density at radius 1 is 1.19 bits per heavy atom. The van der Waals surface area contributed by atoms with Crippen molar-refractivity contribution in [2.24, 2.45) is 5.92 Å². The van der Waals surface area contributed by atoms with Crippen molar-refractivity contribution in [2.45, 2.75) is 49.4 Å². The molecule has 0 radical (unpaired) electrons. The van der Waals surface area contributed by atoms with E-state index < -0.39 is 0 Å². The normalized spacial score (nSPS) is 25.8. The zero-order chi connectivity index (χ0) is 22.5. The molecule has 5 atom stereocenters. The first-order valence-corrected chi connectivity index (χ1v) is 13.5. The average molecular weight is 669 g/mol. The molecule has 4 nitrogen and oxygen atoms in total. The predicted octanol–water partition coefficient (Wildman–Crippen LogP) is 6.58. The van der Waals surface area contributed by atoms with Crippen LogP contribution in [0, 0.1) is 5.92 Å². The summed E-state index contributed by atoms with van der Waals surface area (Å²) >= 11 is 11.3. The van der Waals surface area contributed by atoms with Crippen LogP contribution in [0.25, 0.3) is 0 Å². The number of alkyl halides is 2. The van der Waals surface area contributed by atoms with Gasteiger partial charge in [0.2, 0.25) is 0 Å². The van der Waals surface area contributed by atoms with Crippen LogP contribution in [0.15, 0.2) is 42.5 Å². The van der Waals surface area contributed by atoms with Crippen LogP contribution in [0.5, 0.6) is 5.75 Å². The summed E-state index contributed by atoms with van der Waals surface area (Å²) in [6.07, 6.45) is 0.141. The quantitative estimate of drug-likeness (QED) is 0.190. The lowest BCUT2D eigenvalue weighted by Gasteiger charge is -2.43. The first-order chi connectivity index (χ1) is 14.8. The second-order valence-corrected chi connectivity index (χ2v) is 10.5. The summed E-state index contributed by atoms with van der Waals surface area (Å²) < 4.78 is 18.9. The Kier molecular flexibility index (Phi) is 9.31. The van der Waals surface area contributed by atoms with Crippen molar-refractivity contribution in [3.8, 4) is 5.75 Å². The van der Waals surface area contributed by atoms with Gasteiger partial charge in [-0.3, -0.25) is 4.79 Å². The van der Waals surface area contributed by atoms with Crippen molar-refractivity contribution in [3.63, 3.8) is 0 Å². The van der Waals surface area contributed by atoms with Gasteiger partial charge in [0.1, 0.15) is 18.0 Å². The summed E-state index contributed by atoms with van der Waals surface area (Å²) in [5.74, 6) is 0.747. The number of carbonyl (C=O) groups is 1. The van der Waals surface area contributed by atoms with Crippen molar-refractivity contribution < 1.29 is 19.0 Å². The highest BCUT2D eigenvalue weighted by Crippen LogP contribution is 2.42. The summed E-state index contributed by atoms with van der Waals surface area (Å²) in [6, 6.07) is 14.0. The Bertz CT molecular complexity index is 890. The van der Waals surface area contributed by atoms with Crippen LogP contribution >= 0.6 is 56.8 Å². The molecule has 1 aliphatic rings. The molecule has 0 aromatic heterocycles. The van der Waals surface area contributed by atoms with E-state index in [4.69, 9.17) is 25.8 Å². The third-order valence-electron chi connectivity index (χ3n) is 5.48. The standard InChI is InChI=1S/C24H27ClI2O4/c1-4-29-19-8-5-16(6-9-19)11-18-12-17(7-10-20(18)25)24-23(30-15(3)28)14(2)22(27)21(13-26)31-24/h5-10,12,14,21-24H,4,11,13H2,1-3H3. The summed E-state index contributed by atoms with van der Waals surface area (Å²) in [5.41, 5.74) is 3.15. The first kappa shape index (κ1) is 25.1. The summed E-state index contributed by atoms with van der Waals surface area (Å²) in [4.78, 5) is 11.8. The summed E-state index contributed by atoms with van der Waals surface area (Å²) in [6.45, 7) is 6.21. The van der Waals surface area contributed by atoms with E-state index in [2.05, 4.69) is 70.3 Å². The van der Waals surface area contributed by atoms with Crippen LogP contribution < -0.4 is 4.74 Å². The number of ether oxygens (including phenoxy) is 3. The van der Waals surface area contributed by atoms with Gasteiger partial charge in [0.25, 0.3) is 0 Å². The highest BCUT2D eigenvalue weighted by Gasteiger charge is 2.44. The Morgan fingerprint density at radius 3 is 2.52 bits per heavy atom. The van der Waals surface area contributed by atoms with E-state index in [0.29, 0.717) is 18.1 Å². The molecule has 1 heterocycles. The number of carbonyl (C=O) groups excluding carboxylic acids is 1. The highest BCUT2D eigenvalue weighted by molar-refractivity contribution is 14.1. The van der Waals surface area contributed by atoms with E-state index in [1.54, 1.807) is 0 Å². The van der Waals surface area contributed by atoms with Crippen LogP contribution in [0.1, 0.15) is 43.6 Å². The topological polar surface area (TPSA) is 44.8 Å². The van der Waals surface area contributed by atoms with Gasteiger partial charge in [-0.2, -0.15) is 0 Å². The lowest BCUT2D eigenvalue weighted by molar-refractivity contribution is -0.176. The van der Waals surface area contributed by atoms with E-state index >= 15 is 0 Å². The van der Waals surface area contributed by atoms with E-state index in [1.165, 1.54) is 6.92 Å². The molecule has 0 aliphatic carbocycles. The molecule has 0 spiro atoms. The molecule has 0 saturated carbocycles. The van der Waals surface area contributed by atoms with Crippen molar-refractivity contribution in [3.05, 3.63) is 64.2 Å². The van der Waals surface area contributed by atoms with Crippen molar-refractivity contribution >= 4 is 62.8 Å². The number of halogens is 3. The molecule has 1 saturated heterocycles. The van der Waals surface area contributed by atoms with Crippen LogP contribution in [-0.2, 0) is 20.7 Å². The van der Waals surface area contributed by atoms with Gasteiger partial charge in [-0.1, -0.05) is 88.0 Å². The van der Waals surface area contributed by atoms with E-state index in [-0.39, 0.29) is 34.1 Å². The second-order valence-electron chi connectivity index (χ2n) is 7.73. The molecule has 0 amide bonds. The highest BCUT2D eigenvalue weighted by atomic mass is 127. The zero-order valence-electron chi connectivity index (χ0n) is 17.8. The molecule has 31 heavy (non-hydrogen) atoms. The lowest BCUT2D eigenvalue weighted by atomic mass is 9.86. The van der Waals surface area contributed by atoms with Gasteiger partial charge in [0.15, 0.2) is 0 Å². The molecule has 3 rings (SSSR count). The number of esters is 1. The molecule has 1 aliphatic heterocycles.